The minimum absolute atomic E-state index is 0.208. The molecule has 1 aromatic heterocycles. The largest absolute Gasteiger partial charge is 0.460 e. The number of esters is 1. The molecule has 4 heteroatoms. The third kappa shape index (κ3) is 2.65. The van der Waals surface area contributed by atoms with Gasteiger partial charge in [0.2, 0.25) is 0 Å². The van der Waals surface area contributed by atoms with Gasteiger partial charge in [0.25, 0.3) is 5.78 Å². The van der Waals surface area contributed by atoms with Crippen LogP contribution in [-0.2, 0) is 14.3 Å². The zero-order valence-corrected chi connectivity index (χ0v) is 10.7. The second-order valence-electron chi connectivity index (χ2n) is 3.61. The topological polar surface area (TPSA) is 43.4 Å². The number of ketones is 1. The van der Waals surface area contributed by atoms with Crippen LogP contribution in [0.2, 0.25) is 0 Å². The Hall–Kier alpha value is -1.94. The molecule has 0 atom stereocenters. The monoisotopic (exact) mass is 260 g/mol. The van der Waals surface area contributed by atoms with Gasteiger partial charge >= 0.3 is 5.97 Å². The van der Waals surface area contributed by atoms with Crippen molar-refractivity contribution in [3.63, 3.8) is 0 Å². The van der Waals surface area contributed by atoms with Crippen molar-refractivity contribution in [2.24, 2.45) is 0 Å². The number of fused-ring (bicyclic) bond motifs is 1. The zero-order valence-electron chi connectivity index (χ0n) is 9.88. The Labute approximate surface area is 109 Å². The van der Waals surface area contributed by atoms with Crippen LogP contribution >= 0.6 is 11.3 Å². The number of benzene rings is 1. The van der Waals surface area contributed by atoms with Gasteiger partial charge in [-0.05, 0) is 41.5 Å². The van der Waals surface area contributed by atoms with Crippen LogP contribution in [0, 0.1) is 0 Å². The molecule has 0 aliphatic rings. The van der Waals surface area contributed by atoms with Gasteiger partial charge in [-0.25, -0.2) is 4.79 Å². The molecule has 0 bridgehead atoms. The molecule has 0 fully saturated rings. The maximum Gasteiger partial charge on any atom is 0.379 e. The number of ether oxygens (including phenoxy) is 1. The van der Waals surface area contributed by atoms with Crippen LogP contribution in [0.25, 0.3) is 16.2 Å². The van der Waals surface area contributed by atoms with Crippen LogP contribution < -0.4 is 0 Å². The molecule has 0 aliphatic heterocycles. The SMILES string of the molecule is CCOC(=O)C(=O)/C=C/c1csc2ccccc12. The smallest absolute Gasteiger partial charge is 0.379 e. The molecule has 2 rings (SSSR count). The minimum Gasteiger partial charge on any atom is -0.460 e. The standard InChI is InChI=1S/C14H12O3S/c1-2-17-14(16)12(15)8-7-10-9-18-13-6-4-3-5-11(10)13/h3-9H,2H2,1H3/b8-7+. The lowest BCUT2D eigenvalue weighted by Crippen LogP contribution is -2.14. The Bertz CT molecular complexity index is 610. The van der Waals surface area contributed by atoms with Crippen molar-refractivity contribution in [1.29, 1.82) is 0 Å². The van der Waals surface area contributed by atoms with E-state index in [9.17, 15) is 9.59 Å². The van der Waals surface area contributed by atoms with E-state index >= 15 is 0 Å². The average Bonchev–Trinajstić information content (AvgIpc) is 2.79. The van der Waals surface area contributed by atoms with Crippen molar-refractivity contribution >= 4 is 39.3 Å². The molecule has 0 N–H and O–H groups in total. The van der Waals surface area contributed by atoms with E-state index in [1.807, 2.05) is 29.6 Å². The van der Waals surface area contributed by atoms with E-state index in [1.165, 1.54) is 6.08 Å². The first-order valence-electron chi connectivity index (χ1n) is 5.57. The van der Waals surface area contributed by atoms with E-state index in [2.05, 4.69) is 4.74 Å². The summed E-state index contributed by atoms with van der Waals surface area (Å²) in [5.41, 5.74) is 0.938. The third-order valence-corrected chi connectivity index (χ3v) is 3.38. The van der Waals surface area contributed by atoms with Crippen LogP contribution in [0.4, 0.5) is 0 Å². The molecule has 0 spiro atoms. The summed E-state index contributed by atoms with van der Waals surface area (Å²) in [6.45, 7) is 1.88. The number of carbonyl (C=O) groups is 2. The minimum atomic E-state index is -0.812. The predicted molar refractivity (Wildman–Crippen MR) is 72.5 cm³/mol. The van der Waals surface area contributed by atoms with Crippen molar-refractivity contribution in [3.05, 3.63) is 41.3 Å². The molecule has 2 aromatic rings. The molecule has 0 amide bonds. The zero-order chi connectivity index (χ0) is 13.0. The van der Waals surface area contributed by atoms with Crippen LogP contribution in [0.1, 0.15) is 12.5 Å². The van der Waals surface area contributed by atoms with Gasteiger partial charge < -0.3 is 4.74 Å². The Kier molecular flexibility index (Phi) is 3.89. The maximum atomic E-state index is 11.4. The Balaban J connectivity index is 2.19. The summed E-state index contributed by atoms with van der Waals surface area (Å²) in [5, 5.41) is 3.04. The molecule has 0 unspecified atom stereocenters. The first kappa shape index (κ1) is 12.5. The Morgan fingerprint density at radius 1 is 1.33 bits per heavy atom. The van der Waals surface area contributed by atoms with E-state index in [1.54, 1.807) is 24.3 Å². The molecule has 0 saturated heterocycles. The number of hydrogen-bond acceptors (Lipinski definition) is 4. The van der Waals surface area contributed by atoms with Gasteiger partial charge in [0.1, 0.15) is 0 Å². The summed E-state index contributed by atoms with van der Waals surface area (Å²) < 4.78 is 5.78. The lowest BCUT2D eigenvalue weighted by Gasteiger charge is -1.95. The highest BCUT2D eigenvalue weighted by atomic mass is 32.1. The second-order valence-corrected chi connectivity index (χ2v) is 4.52. The number of thiophene rings is 1. The van der Waals surface area contributed by atoms with Crippen molar-refractivity contribution in [2.75, 3.05) is 6.61 Å². The van der Waals surface area contributed by atoms with Gasteiger partial charge in [-0.1, -0.05) is 18.2 Å². The van der Waals surface area contributed by atoms with E-state index in [0.29, 0.717) is 0 Å². The van der Waals surface area contributed by atoms with Gasteiger partial charge in [0.05, 0.1) is 6.61 Å². The molecule has 1 aromatic carbocycles. The Morgan fingerprint density at radius 2 is 2.11 bits per heavy atom. The lowest BCUT2D eigenvalue weighted by molar-refractivity contribution is -0.151. The first-order valence-corrected chi connectivity index (χ1v) is 6.45. The number of hydrogen-bond donors (Lipinski definition) is 0. The lowest BCUT2D eigenvalue weighted by atomic mass is 10.1. The van der Waals surface area contributed by atoms with Gasteiger partial charge in [-0.3, -0.25) is 4.79 Å². The molecule has 0 saturated carbocycles. The summed E-state index contributed by atoms with van der Waals surface area (Å²) in [6.07, 6.45) is 2.91. The second kappa shape index (κ2) is 5.60. The summed E-state index contributed by atoms with van der Waals surface area (Å²) in [6, 6.07) is 7.92. The Morgan fingerprint density at radius 3 is 2.89 bits per heavy atom. The highest BCUT2D eigenvalue weighted by Crippen LogP contribution is 2.26. The fraction of sp³-hybridized carbons (Fsp3) is 0.143. The molecular weight excluding hydrogens is 248 g/mol. The summed E-state index contributed by atoms with van der Waals surface area (Å²) >= 11 is 1.61. The van der Waals surface area contributed by atoms with Crippen molar-refractivity contribution in [3.8, 4) is 0 Å². The van der Waals surface area contributed by atoms with Gasteiger partial charge in [-0.15, -0.1) is 11.3 Å². The van der Waals surface area contributed by atoms with Gasteiger partial charge in [0.15, 0.2) is 0 Å². The third-order valence-electron chi connectivity index (χ3n) is 2.40. The molecule has 18 heavy (non-hydrogen) atoms. The van der Waals surface area contributed by atoms with Gasteiger partial charge in [-0.2, -0.15) is 0 Å². The van der Waals surface area contributed by atoms with Crippen LogP contribution in [-0.4, -0.2) is 18.4 Å². The fourth-order valence-corrected chi connectivity index (χ4v) is 2.49. The van der Waals surface area contributed by atoms with Gasteiger partial charge in [0, 0.05) is 4.70 Å². The van der Waals surface area contributed by atoms with Crippen molar-refractivity contribution < 1.29 is 14.3 Å². The summed E-state index contributed by atoms with van der Waals surface area (Å²) in [5.74, 6) is -1.44. The van der Waals surface area contributed by atoms with E-state index < -0.39 is 11.8 Å². The van der Waals surface area contributed by atoms with E-state index in [4.69, 9.17) is 0 Å². The highest BCUT2D eigenvalue weighted by molar-refractivity contribution is 7.17. The van der Waals surface area contributed by atoms with E-state index in [-0.39, 0.29) is 6.61 Å². The number of rotatable bonds is 4. The van der Waals surface area contributed by atoms with Crippen molar-refractivity contribution in [2.45, 2.75) is 6.92 Å². The summed E-state index contributed by atoms with van der Waals surface area (Å²) in [7, 11) is 0. The van der Waals surface area contributed by atoms with Crippen LogP contribution in [0.3, 0.4) is 0 Å². The number of carbonyl (C=O) groups excluding carboxylic acids is 2. The average molecular weight is 260 g/mol. The molecule has 1 heterocycles. The quantitative estimate of drug-likeness (QED) is 0.482. The molecule has 3 nitrogen and oxygen atoms in total. The highest BCUT2D eigenvalue weighted by Gasteiger charge is 2.10. The van der Waals surface area contributed by atoms with Crippen LogP contribution in [0.5, 0.6) is 0 Å². The normalized spacial score (nSPS) is 10.9. The van der Waals surface area contributed by atoms with E-state index in [0.717, 1.165) is 15.6 Å². The fourth-order valence-electron chi connectivity index (χ4n) is 1.56. The summed E-state index contributed by atoms with van der Waals surface area (Å²) in [4.78, 5) is 22.6. The van der Waals surface area contributed by atoms with Crippen molar-refractivity contribution in [1.82, 2.24) is 0 Å². The molecule has 0 aliphatic carbocycles. The molecular formula is C14H12O3S. The predicted octanol–water partition coefficient (Wildman–Crippen LogP) is 3.05. The molecule has 0 radical (unpaired) electrons. The maximum absolute atomic E-state index is 11.4. The van der Waals surface area contributed by atoms with Crippen LogP contribution in [0.15, 0.2) is 35.7 Å². The first-order chi connectivity index (χ1) is 8.72. The molecule has 92 valence electrons.